The summed E-state index contributed by atoms with van der Waals surface area (Å²) in [6.07, 6.45) is 4.43. The van der Waals surface area contributed by atoms with Gasteiger partial charge in [0.15, 0.2) is 0 Å². The van der Waals surface area contributed by atoms with E-state index in [-0.39, 0.29) is 11.8 Å². The van der Waals surface area contributed by atoms with Crippen molar-refractivity contribution < 1.29 is 4.79 Å². The second-order valence-electron chi connectivity index (χ2n) is 3.48. The summed E-state index contributed by atoms with van der Waals surface area (Å²) in [5.41, 5.74) is 2.22. The highest BCUT2D eigenvalue weighted by atomic mass is 16.2. The predicted octanol–water partition coefficient (Wildman–Crippen LogP) is 0.803. The van der Waals surface area contributed by atoms with E-state index in [1.165, 1.54) is 12.8 Å². The molecule has 0 aromatic carbocycles. The van der Waals surface area contributed by atoms with E-state index in [9.17, 15) is 4.79 Å². The van der Waals surface area contributed by atoms with E-state index in [0.29, 0.717) is 5.92 Å². The molecule has 0 aliphatic heterocycles. The van der Waals surface area contributed by atoms with Crippen LogP contribution >= 0.6 is 0 Å². The average Bonchev–Trinajstić information content (AvgIpc) is 2.03. The van der Waals surface area contributed by atoms with Crippen molar-refractivity contribution in [2.75, 3.05) is 0 Å². The summed E-state index contributed by atoms with van der Waals surface area (Å²) in [4.78, 5) is 11.1. The molecule has 3 N–H and O–H groups in total. The minimum atomic E-state index is 0.0107. The maximum Gasteiger partial charge on any atom is 0.236 e. The Bertz CT molecular complexity index is 147. The van der Waals surface area contributed by atoms with Gasteiger partial charge in [0.1, 0.15) is 0 Å². The summed E-state index contributed by atoms with van der Waals surface area (Å²) in [6.45, 7) is 2.19. The average molecular weight is 156 g/mol. The summed E-state index contributed by atoms with van der Waals surface area (Å²) in [5, 5.41) is 0. The van der Waals surface area contributed by atoms with Crippen molar-refractivity contribution in [1.29, 1.82) is 0 Å². The van der Waals surface area contributed by atoms with Crippen molar-refractivity contribution in [3.05, 3.63) is 0 Å². The first kappa shape index (κ1) is 8.53. The predicted molar refractivity (Wildman–Crippen MR) is 43.5 cm³/mol. The fourth-order valence-electron chi connectivity index (χ4n) is 1.79. The number of nitrogens with one attached hydrogen (secondary N) is 1. The summed E-state index contributed by atoms with van der Waals surface area (Å²) >= 11 is 0. The molecule has 0 aromatic heterocycles. The molecule has 1 saturated carbocycles. The minimum absolute atomic E-state index is 0.0107. The molecule has 0 bridgehead atoms. The van der Waals surface area contributed by atoms with E-state index in [0.717, 1.165) is 12.8 Å². The van der Waals surface area contributed by atoms with Gasteiger partial charge < -0.3 is 0 Å². The number of hydrogen-bond acceptors (Lipinski definition) is 2. The van der Waals surface area contributed by atoms with E-state index < -0.39 is 0 Å². The molecule has 0 radical (unpaired) electrons. The highest BCUT2D eigenvalue weighted by molar-refractivity contribution is 5.77. The van der Waals surface area contributed by atoms with Gasteiger partial charge in [-0.3, -0.25) is 10.2 Å². The van der Waals surface area contributed by atoms with Gasteiger partial charge in [-0.15, -0.1) is 0 Å². The minimum Gasteiger partial charge on any atom is -0.294 e. The molecule has 11 heavy (non-hydrogen) atoms. The lowest BCUT2D eigenvalue weighted by Crippen LogP contribution is -2.37. The molecule has 0 unspecified atom stereocenters. The van der Waals surface area contributed by atoms with Gasteiger partial charge in [0.05, 0.1) is 0 Å². The zero-order valence-corrected chi connectivity index (χ0v) is 6.97. The molecule has 0 heterocycles. The lowest BCUT2D eigenvalue weighted by atomic mass is 9.82. The summed E-state index contributed by atoms with van der Waals surface area (Å²) < 4.78 is 0. The van der Waals surface area contributed by atoms with Crippen LogP contribution in [0.5, 0.6) is 0 Å². The van der Waals surface area contributed by atoms with Crippen LogP contribution < -0.4 is 11.3 Å². The van der Waals surface area contributed by atoms with Gasteiger partial charge in [0.2, 0.25) is 5.91 Å². The maximum atomic E-state index is 11.1. The molecule has 0 saturated heterocycles. The Hall–Kier alpha value is -0.570. The van der Waals surface area contributed by atoms with Gasteiger partial charge >= 0.3 is 0 Å². The van der Waals surface area contributed by atoms with E-state index >= 15 is 0 Å². The molecular weight excluding hydrogens is 140 g/mol. The number of rotatable bonds is 1. The number of nitrogens with two attached hydrogens (primary N) is 1. The second-order valence-corrected chi connectivity index (χ2v) is 3.48. The van der Waals surface area contributed by atoms with Crippen LogP contribution in [0.4, 0.5) is 0 Å². The van der Waals surface area contributed by atoms with Gasteiger partial charge in [-0.05, 0) is 18.8 Å². The Morgan fingerprint density at radius 2 is 2.27 bits per heavy atom. The molecule has 1 amide bonds. The Morgan fingerprint density at radius 3 is 2.82 bits per heavy atom. The van der Waals surface area contributed by atoms with E-state index in [1.807, 2.05) is 0 Å². The topological polar surface area (TPSA) is 55.1 Å². The lowest BCUT2D eigenvalue weighted by molar-refractivity contribution is -0.126. The van der Waals surface area contributed by atoms with Crippen molar-refractivity contribution in [1.82, 2.24) is 5.43 Å². The lowest BCUT2D eigenvalue weighted by Gasteiger charge is -2.24. The highest BCUT2D eigenvalue weighted by Crippen LogP contribution is 2.28. The van der Waals surface area contributed by atoms with Crippen molar-refractivity contribution in [2.45, 2.75) is 32.6 Å². The van der Waals surface area contributed by atoms with Crippen LogP contribution in [0.25, 0.3) is 0 Å². The Kier molecular flexibility index (Phi) is 2.88. The first-order chi connectivity index (χ1) is 5.24. The van der Waals surface area contributed by atoms with Gasteiger partial charge in [0.25, 0.3) is 0 Å². The van der Waals surface area contributed by atoms with Gasteiger partial charge in [-0.1, -0.05) is 19.8 Å². The van der Waals surface area contributed by atoms with Crippen LogP contribution in [0.3, 0.4) is 0 Å². The molecule has 1 aliphatic rings. The fourth-order valence-corrected chi connectivity index (χ4v) is 1.79. The third kappa shape index (κ3) is 2.19. The largest absolute Gasteiger partial charge is 0.294 e. The number of carbonyl (C=O) groups excluding carboxylic acids is 1. The molecule has 2 atom stereocenters. The monoisotopic (exact) mass is 156 g/mol. The molecule has 1 aliphatic carbocycles. The highest BCUT2D eigenvalue weighted by Gasteiger charge is 2.23. The van der Waals surface area contributed by atoms with Crippen molar-refractivity contribution in [3.8, 4) is 0 Å². The summed E-state index contributed by atoms with van der Waals surface area (Å²) in [6, 6.07) is 0. The molecular formula is C8H16N2O. The van der Waals surface area contributed by atoms with Gasteiger partial charge in [0, 0.05) is 5.92 Å². The second kappa shape index (κ2) is 3.72. The third-order valence-corrected chi connectivity index (χ3v) is 2.45. The van der Waals surface area contributed by atoms with Crippen LogP contribution in [0.1, 0.15) is 32.6 Å². The molecule has 64 valence electrons. The first-order valence-corrected chi connectivity index (χ1v) is 4.24. The zero-order chi connectivity index (χ0) is 8.27. The number of amides is 1. The standard InChI is InChI=1S/C8H16N2O/c1-6-3-2-4-7(5-6)8(11)10-9/h6-7H,2-5,9H2,1H3,(H,10,11)/t6-,7+/m0/s1. The van der Waals surface area contributed by atoms with Crippen LogP contribution in [0.2, 0.25) is 0 Å². The normalized spacial score (nSPS) is 31.5. The Balaban J connectivity index is 2.39. The molecule has 3 nitrogen and oxygen atoms in total. The van der Waals surface area contributed by atoms with Gasteiger partial charge in [-0.25, -0.2) is 5.84 Å². The van der Waals surface area contributed by atoms with Crippen LogP contribution in [-0.2, 0) is 4.79 Å². The third-order valence-electron chi connectivity index (χ3n) is 2.45. The molecule has 1 fully saturated rings. The zero-order valence-electron chi connectivity index (χ0n) is 6.97. The smallest absolute Gasteiger partial charge is 0.236 e. The van der Waals surface area contributed by atoms with E-state index in [4.69, 9.17) is 5.84 Å². The van der Waals surface area contributed by atoms with Crippen molar-refractivity contribution >= 4 is 5.91 Å². The van der Waals surface area contributed by atoms with E-state index in [1.54, 1.807) is 0 Å². The number of carbonyl (C=O) groups is 1. The van der Waals surface area contributed by atoms with Gasteiger partial charge in [-0.2, -0.15) is 0 Å². The molecule has 3 heteroatoms. The van der Waals surface area contributed by atoms with Crippen LogP contribution in [0, 0.1) is 11.8 Å². The number of hydrogen-bond donors (Lipinski definition) is 2. The number of hydrazine groups is 1. The van der Waals surface area contributed by atoms with E-state index in [2.05, 4.69) is 12.3 Å². The maximum absolute atomic E-state index is 11.1. The van der Waals surface area contributed by atoms with Crippen LogP contribution in [-0.4, -0.2) is 5.91 Å². The Labute approximate surface area is 67.3 Å². The SMILES string of the molecule is C[C@H]1CCC[C@@H](C(=O)NN)C1. The van der Waals surface area contributed by atoms with Crippen molar-refractivity contribution in [3.63, 3.8) is 0 Å². The molecule has 0 aromatic rings. The summed E-state index contributed by atoms with van der Waals surface area (Å²) in [5.74, 6) is 5.92. The van der Waals surface area contributed by atoms with Crippen molar-refractivity contribution in [2.24, 2.45) is 17.7 Å². The Morgan fingerprint density at radius 1 is 1.55 bits per heavy atom. The fraction of sp³-hybridized carbons (Fsp3) is 0.875. The molecule has 1 rings (SSSR count). The quantitative estimate of drug-likeness (QED) is 0.335. The summed E-state index contributed by atoms with van der Waals surface area (Å²) in [7, 11) is 0. The molecule has 0 spiro atoms. The first-order valence-electron chi connectivity index (χ1n) is 4.24. The van der Waals surface area contributed by atoms with Crippen LogP contribution in [0.15, 0.2) is 0 Å².